The number of para-hydroxylation sites is 1. The number of carbonyl (C=O) groups is 1. The zero-order chi connectivity index (χ0) is 21.6. The smallest absolute Gasteiger partial charge is 0.304 e. The highest BCUT2D eigenvalue weighted by atomic mass is 32.2. The number of nitrogens with zero attached hydrogens (tertiary/aromatic N) is 3. The molecule has 1 fully saturated rings. The van der Waals surface area contributed by atoms with Gasteiger partial charge in [0.25, 0.3) is 0 Å². The number of hydrogen-bond donors (Lipinski definition) is 1. The second kappa shape index (κ2) is 10.4. The first-order valence-electron chi connectivity index (χ1n) is 10.0. The van der Waals surface area contributed by atoms with Crippen LogP contribution in [0.15, 0.2) is 24.3 Å². The first-order valence-corrected chi connectivity index (χ1v) is 11.4. The predicted octanol–water partition coefficient (Wildman–Crippen LogP) is 1.92. The highest BCUT2D eigenvalue weighted by Gasteiger charge is 2.29. The van der Waals surface area contributed by atoms with E-state index in [2.05, 4.69) is 24.1 Å². The Hall–Kier alpha value is -1.71. The van der Waals surface area contributed by atoms with Crippen LogP contribution in [0.1, 0.15) is 26.7 Å². The number of rotatable bonds is 9. The number of piperidine rings is 1. The number of likely N-dealkylation sites (tertiary alicyclic amines) is 1. The van der Waals surface area contributed by atoms with E-state index in [-0.39, 0.29) is 5.69 Å². The fourth-order valence-corrected chi connectivity index (χ4v) is 4.90. The van der Waals surface area contributed by atoms with Gasteiger partial charge in [0.1, 0.15) is 12.4 Å². The van der Waals surface area contributed by atoms with E-state index in [1.54, 1.807) is 0 Å². The lowest BCUT2D eigenvalue weighted by Gasteiger charge is -2.35. The average molecular weight is 429 g/mol. The molecule has 0 aliphatic carbocycles. The van der Waals surface area contributed by atoms with Gasteiger partial charge in [-0.05, 0) is 43.4 Å². The molecule has 0 aromatic heterocycles. The number of hydrogen-bond acceptors (Lipinski definition) is 4. The van der Waals surface area contributed by atoms with E-state index < -0.39 is 28.5 Å². The lowest BCUT2D eigenvalue weighted by atomic mass is 9.92. The summed E-state index contributed by atoms with van der Waals surface area (Å²) in [4.78, 5) is 14.8. The quantitative estimate of drug-likeness (QED) is 0.610. The summed E-state index contributed by atoms with van der Waals surface area (Å²) in [7, 11) is -1.31. The summed E-state index contributed by atoms with van der Waals surface area (Å²) in [5.41, 5.74) is -0.146. The van der Waals surface area contributed by atoms with Crippen molar-refractivity contribution in [3.63, 3.8) is 0 Å². The van der Waals surface area contributed by atoms with Gasteiger partial charge in [0.05, 0.1) is 5.69 Å². The number of anilines is 1. The molecule has 1 heterocycles. The largest absolute Gasteiger partial charge is 0.354 e. The van der Waals surface area contributed by atoms with Crippen molar-refractivity contribution >= 4 is 21.8 Å². The molecule has 1 N–H and O–H groups in total. The fraction of sp³-hybridized carbons (Fsp3) is 0.650. The Labute approximate surface area is 174 Å². The maximum Gasteiger partial charge on any atom is 0.304 e. The molecule has 1 aromatic carbocycles. The Morgan fingerprint density at radius 2 is 1.83 bits per heavy atom. The van der Waals surface area contributed by atoms with E-state index in [0.29, 0.717) is 18.4 Å². The molecule has 0 radical (unpaired) electrons. The van der Waals surface area contributed by atoms with Gasteiger partial charge in [0, 0.05) is 33.7 Å². The summed E-state index contributed by atoms with van der Waals surface area (Å²) in [6.07, 6.45) is 2.03. The third kappa shape index (κ3) is 6.65. The third-order valence-electron chi connectivity index (χ3n) is 5.07. The van der Waals surface area contributed by atoms with Crippen LogP contribution < -0.4 is 9.62 Å². The minimum Gasteiger partial charge on any atom is -0.354 e. The van der Waals surface area contributed by atoms with Crippen molar-refractivity contribution in [3.8, 4) is 0 Å². The van der Waals surface area contributed by atoms with Crippen molar-refractivity contribution in [2.24, 2.45) is 11.8 Å². The molecule has 164 valence electrons. The van der Waals surface area contributed by atoms with E-state index in [9.17, 15) is 17.6 Å². The second-order valence-electron chi connectivity index (χ2n) is 8.16. The van der Waals surface area contributed by atoms with Gasteiger partial charge < -0.3 is 10.2 Å². The number of halogens is 1. The van der Waals surface area contributed by atoms with E-state index in [0.717, 1.165) is 34.7 Å². The van der Waals surface area contributed by atoms with Crippen LogP contribution in [0.4, 0.5) is 10.1 Å². The van der Waals surface area contributed by atoms with Crippen LogP contribution in [0.25, 0.3) is 0 Å². The zero-order valence-corrected chi connectivity index (χ0v) is 18.6. The first kappa shape index (κ1) is 23.6. The summed E-state index contributed by atoms with van der Waals surface area (Å²) < 4.78 is 41.2. The first-order chi connectivity index (χ1) is 13.6. The van der Waals surface area contributed by atoms with Crippen LogP contribution in [0, 0.1) is 17.7 Å². The van der Waals surface area contributed by atoms with Crippen LogP contribution in [0.5, 0.6) is 0 Å². The highest BCUT2D eigenvalue weighted by molar-refractivity contribution is 7.90. The minimum atomic E-state index is -4.01. The van der Waals surface area contributed by atoms with Crippen molar-refractivity contribution in [1.29, 1.82) is 0 Å². The molecule has 0 saturated carbocycles. The van der Waals surface area contributed by atoms with Gasteiger partial charge in [-0.15, -0.1) is 0 Å². The molecule has 7 nitrogen and oxygen atoms in total. The molecule has 1 aliphatic rings. The third-order valence-corrected chi connectivity index (χ3v) is 6.87. The maximum atomic E-state index is 14.2. The summed E-state index contributed by atoms with van der Waals surface area (Å²) >= 11 is 0. The van der Waals surface area contributed by atoms with E-state index in [1.807, 2.05) is 0 Å². The van der Waals surface area contributed by atoms with Crippen LogP contribution in [-0.4, -0.2) is 70.3 Å². The van der Waals surface area contributed by atoms with Crippen LogP contribution in [0.2, 0.25) is 0 Å². The Morgan fingerprint density at radius 3 is 2.41 bits per heavy atom. The van der Waals surface area contributed by atoms with Gasteiger partial charge in [-0.3, -0.25) is 4.79 Å². The SMILES string of the molecule is CC1CC(C)CN(CCCNC(=O)CN(c2ccccc2F)S(=O)(=O)N(C)C)C1. The average Bonchev–Trinajstić information content (AvgIpc) is 2.63. The Morgan fingerprint density at radius 1 is 1.21 bits per heavy atom. The summed E-state index contributed by atoms with van der Waals surface area (Å²) in [6, 6.07) is 5.53. The lowest BCUT2D eigenvalue weighted by Crippen LogP contribution is -2.46. The number of amides is 1. The fourth-order valence-electron chi connectivity index (χ4n) is 3.83. The summed E-state index contributed by atoms with van der Waals surface area (Å²) in [5, 5.41) is 2.76. The number of carbonyl (C=O) groups excluding carboxylic acids is 1. The van der Waals surface area contributed by atoms with Crippen molar-refractivity contribution in [3.05, 3.63) is 30.1 Å². The summed E-state index contributed by atoms with van der Waals surface area (Å²) in [6.45, 7) is 7.52. The van der Waals surface area contributed by atoms with Gasteiger partial charge in [-0.25, -0.2) is 8.70 Å². The maximum absolute atomic E-state index is 14.2. The molecule has 2 atom stereocenters. The lowest BCUT2D eigenvalue weighted by molar-refractivity contribution is -0.119. The highest BCUT2D eigenvalue weighted by Crippen LogP contribution is 2.23. The molecule has 2 rings (SSSR count). The molecule has 2 unspecified atom stereocenters. The second-order valence-corrected chi connectivity index (χ2v) is 10.2. The standard InChI is InChI=1S/C20H33FN4O3S/c1-16-12-17(2)14-24(13-16)11-7-10-22-20(26)15-25(29(27,28)23(3)4)19-9-6-5-8-18(19)21/h5-6,8-9,16-17H,7,10-15H2,1-4H3,(H,22,26). The van der Waals surface area contributed by atoms with Crippen LogP contribution >= 0.6 is 0 Å². The Kier molecular flexibility index (Phi) is 8.42. The molecule has 1 aliphatic heterocycles. The van der Waals surface area contributed by atoms with Gasteiger partial charge in [-0.1, -0.05) is 26.0 Å². The van der Waals surface area contributed by atoms with Crippen LogP contribution in [-0.2, 0) is 15.0 Å². The zero-order valence-electron chi connectivity index (χ0n) is 17.8. The van der Waals surface area contributed by atoms with Crippen molar-refractivity contribution in [2.45, 2.75) is 26.7 Å². The monoisotopic (exact) mass is 428 g/mol. The van der Waals surface area contributed by atoms with Gasteiger partial charge in [0.2, 0.25) is 5.91 Å². The predicted molar refractivity (Wildman–Crippen MR) is 113 cm³/mol. The Balaban J connectivity index is 1.92. The molecular weight excluding hydrogens is 395 g/mol. The Bertz CT molecular complexity index is 778. The van der Waals surface area contributed by atoms with Gasteiger partial charge in [-0.2, -0.15) is 12.7 Å². The molecule has 1 amide bonds. The number of benzene rings is 1. The van der Waals surface area contributed by atoms with E-state index >= 15 is 0 Å². The molecule has 9 heteroatoms. The molecule has 0 spiro atoms. The molecular formula is C20H33FN4O3S. The molecule has 29 heavy (non-hydrogen) atoms. The van der Waals surface area contributed by atoms with Crippen molar-refractivity contribution < 1.29 is 17.6 Å². The molecule has 1 aromatic rings. The van der Waals surface area contributed by atoms with Gasteiger partial charge >= 0.3 is 10.2 Å². The summed E-state index contributed by atoms with van der Waals surface area (Å²) in [5.74, 6) is 0.205. The molecule has 1 saturated heterocycles. The van der Waals surface area contributed by atoms with E-state index in [4.69, 9.17) is 0 Å². The number of nitrogens with one attached hydrogen (secondary N) is 1. The van der Waals surface area contributed by atoms with Crippen LogP contribution in [0.3, 0.4) is 0 Å². The van der Waals surface area contributed by atoms with Gasteiger partial charge in [0.15, 0.2) is 0 Å². The van der Waals surface area contributed by atoms with Crippen molar-refractivity contribution in [2.75, 3.05) is 51.1 Å². The topological polar surface area (TPSA) is 73.0 Å². The minimum absolute atomic E-state index is 0.146. The normalized spacial score (nSPS) is 20.6. The van der Waals surface area contributed by atoms with Crippen molar-refractivity contribution in [1.82, 2.24) is 14.5 Å². The molecule has 0 bridgehead atoms. The van der Waals surface area contributed by atoms with E-state index in [1.165, 1.54) is 44.8 Å².